The zero-order valence-corrected chi connectivity index (χ0v) is 17.0. The second-order valence-electron chi connectivity index (χ2n) is 7.14. The van der Waals surface area contributed by atoms with Crippen LogP contribution in [0.4, 0.5) is 5.69 Å². The van der Waals surface area contributed by atoms with Crippen LogP contribution in [0.2, 0.25) is 0 Å². The molecule has 1 amide bonds. The fourth-order valence-corrected chi connectivity index (χ4v) is 4.15. The summed E-state index contributed by atoms with van der Waals surface area (Å²) in [6.07, 6.45) is 1.85. The third kappa shape index (κ3) is 4.59. The number of amides is 1. The molecule has 1 aromatic heterocycles. The van der Waals surface area contributed by atoms with Crippen LogP contribution >= 0.6 is 0 Å². The first-order valence-electron chi connectivity index (χ1n) is 9.42. The number of benzene rings is 3. The van der Waals surface area contributed by atoms with Crippen LogP contribution in [0.5, 0.6) is 0 Å². The van der Waals surface area contributed by atoms with Gasteiger partial charge < -0.3 is 9.88 Å². The van der Waals surface area contributed by atoms with Crippen LogP contribution in [0.1, 0.15) is 21.5 Å². The van der Waals surface area contributed by atoms with Gasteiger partial charge in [-0.1, -0.05) is 60.7 Å². The number of fused-ring (bicyclic) bond motifs is 1. The molecule has 1 heterocycles. The van der Waals surface area contributed by atoms with E-state index in [9.17, 15) is 13.2 Å². The van der Waals surface area contributed by atoms with Crippen molar-refractivity contribution in [1.82, 2.24) is 4.57 Å². The highest BCUT2D eigenvalue weighted by atomic mass is 32.2. The number of nitrogens with two attached hydrogens (primary N) is 1. The lowest BCUT2D eigenvalue weighted by atomic mass is 10.1. The standard InChI is InChI=1S/C23H21N3O3S/c24-30(28,29)16-18-9-6-10-19(13-18)25-23(27)21-15-26(14-17-7-2-1-3-8-17)22-12-5-4-11-20(21)22/h1-13,15H,14,16H2,(H,25,27)(H2,24,28,29). The average Bonchev–Trinajstić information content (AvgIpc) is 3.06. The number of carbonyl (C=O) groups is 1. The zero-order valence-electron chi connectivity index (χ0n) is 16.2. The van der Waals surface area contributed by atoms with Crippen molar-refractivity contribution in [2.45, 2.75) is 12.3 Å². The van der Waals surface area contributed by atoms with Crippen LogP contribution < -0.4 is 10.5 Å². The van der Waals surface area contributed by atoms with Crippen LogP contribution in [0, 0.1) is 0 Å². The molecule has 0 atom stereocenters. The van der Waals surface area contributed by atoms with Gasteiger partial charge in [-0.15, -0.1) is 0 Å². The van der Waals surface area contributed by atoms with E-state index in [-0.39, 0.29) is 11.7 Å². The van der Waals surface area contributed by atoms with Crippen molar-refractivity contribution in [3.8, 4) is 0 Å². The molecule has 152 valence electrons. The lowest BCUT2D eigenvalue weighted by molar-refractivity contribution is 0.102. The minimum atomic E-state index is -3.65. The Morgan fingerprint density at radius 2 is 1.60 bits per heavy atom. The van der Waals surface area contributed by atoms with Crippen LogP contribution in [0.15, 0.2) is 85.1 Å². The Morgan fingerprint density at radius 1 is 0.900 bits per heavy atom. The fraction of sp³-hybridized carbons (Fsp3) is 0.0870. The Kier molecular flexibility index (Phi) is 5.39. The number of rotatable bonds is 6. The zero-order chi connectivity index (χ0) is 21.1. The molecule has 0 spiro atoms. The molecule has 4 rings (SSSR count). The van der Waals surface area contributed by atoms with Gasteiger partial charge in [0.2, 0.25) is 10.0 Å². The number of para-hydroxylation sites is 1. The molecule has 30 heavy (non-hydrogen) atoms. The van der Waals surface area contributed by atoms with E-state index < -0.39 is 10.0 Å². The van der Waals surface area contributed by atoms with Gasteiger partial charge in [-0.2, -0.15) is 0 Å². The van der Waals surface area contributed by atoms with E-state index in [1.807, 2.05) is 60.8 Å². The number of hydrogen-bond donors (Lipinski definition) is 2. The molecule has 0 aliphatic rings. The summed E-state index contributed by atoms with van der Waals surface area (Å²) in [6.45, 7) is 0.651. The number of aromatic nitrogens is 1. The Morgan fingerprint density at radius 3 is 2.37 bits per heavy atom. The van der Waals surface area contributed by atoms with Gasteiger partial charge in [0.1, 0.15) is 0 Å². The molecule has 0 fully saturated rings. The predicted octanol–water partition coefficient (Wildman–Crippen LogP) is 3.73. The molecule has 0 bridgehead atoms. The maximum absolute atomic E-state index is 13.0. The monoisotopic (exact) mass is 419 g/mol. The van der Waals surface area contributed by atoms with E-state index in [1.54, 1.807) is 24.3 Å². The van der Waals surface area contributed by atoms with Gasteiger partial charge in [0.15, 0.2) is 0 Å². The molecule has 4 aromatic rings. The highest BCUT2D eigenvalue weighted by Crippen LogP contribution is 2.24. The van der Waals surface area contributed by atoms with Crippen molar-refractivity contribution in [3.63, 3.8) is 0 Å². The van der Waals surface area contributed by atoms with Crippen molar-refractivity contribution >= 4 is 32.5 Å². The molecule has 0 saturated carbocycles. The molecule has 6 nitrogen and oxygen atoms in total. The summed E-state index contributed by atoms with van der Waals surface area (Å²) >= 11 is 0. The average molecular weight is 420 g/mol. The van der Waals surface area contributed by atoms with E-state index in [4.69, 9.17) is 5.14 Å². The first-order chi connectivity index (χ1) is 14.4. The quantitative estimate of drug-likeness (QED) is 0.499. The van der Waals surface area contributed by atoms with Crippen LogP contribution in [0.25, 0.3) is 10.9 Å². The van der Waals surface area contributed by atoms with Gasteiger partial charge in [0.25, 0.3) is 5.91 Å². The Balaban J connectivity index is 1.63. The molecular formula is C23H21N3O3S. The molecule has 3 aromatic carbocycles. The highest BCUT2D eigenvalue weighted by molar-refractivity contribution is 7.88. The highest BCUT2D eigenvalue weighted by Gasteiger charge is 2.16. The lowest BCUT2D eigenvalue weighted by Gasteiger charge is -2.07. The number of sulfonamides is 1. The van der Waals surface area contributed by atoms with Crippen molar-refractivity contribution in [2.24, 2.45) is 5.14 Å². The summed E-state index contributed by atoms with van der Waals surface area (Å²) in [5.41, 5.74) is 3.69. The summed E-state index contributed by atoms with van der Waals surface area (Å²) in [7, 11) is -3.65. The molecular weight excluding hydrogens is 398 g/mol. The fourth-order valence-electron chi connectivity index (χ4n) is 3.51. The van der Waals surface area contributed by atoms with Gasteiger partial charge in [0.05, 0.1) is 11.3 Å². The van der Waals surface area contributed by atoms with Gasteiger partial charge in [0, 0.05) is 29.3 Å². The van der Waals surface area contributed by atoms with Crippen LogP contribution in [0.3, 0.4) is 0 Å². The Bertz CT molecular complexity index is 1310. The van der Waals surface area contributed by atoms with Gasteiger partial charge in [-0.25, -0.2) is 13.6 Å². The number of primary sulfonamides is 1. The smallest absolute Gasteiger partial charge is 0.257 e. The second-order valence-corrected chi connectivity index (χ2v) is 8.75. The van der Waals surface area contributed by atoms with Crippen molar-refractivity contribution in [3.05, 3.63) is 102 Å². The van der Waals surface area contributed by atoms with Crippen molar-refractivity contribution < 1.29 is 13.2 Å². The minimum absolute atomic E-state index is 0.259. The first kappa shape index (κ1) is 19.9. The van der Waals surface area contributed by atoms with E-state index in [2.05, 4.69) is 9.88 Å². The molecule has 0 aliphatic carbocycles. The van der Waals surface area contributed by atoms with E-state index in [0.29, 0.717) is 23.4 Å². The maximum Gasteiger partial charge on any atom is 0.257 e. The topological polar surface area (TPSA) is 94.2 Å². The predicted molar refractivity (Wildman–Crippen MR) is 119 cm³/mol. The summed E-state index contributed by atoms with van der Waals surface area (Å²) < 4.78 is 24.7. The minimum Gasteiger partial charge on any atom is -0.342 e. The Labute approximate surface area is 175 Å². The summed E-state index contributed by atoms with van der Waals surface area (Å²) in [5.74, 6) is -0.543. The molecule has 0 saturated heterocycles. The molecule has 3 N–H and O–H groups in total. The summed E-state index contributed by atoms with van der Waals surface area (Å²) in [4.78, 5) is 13.0. The van der Waals surface area contributed by atoms with Crippen LogP contribution in [-0.2, 0) is 22.3 Å². The van der Waals surface area contributed by atoms with Crippen LogP contribution in [-0.4, -0.2) is 18.9 Å². The number of nitrogens with one attached hydrogen (secondary N) is 1. The first-order valence-corrected chi connectivity index (χ1v) is 11.1. The lowest BCUT2D eigenvalue weighted by Crippen LogP contribution is -2.15. The normalized spacial score (nSPS) is 11.5. The largest absolute Gasteiger partial charge is 0.342 e. The van der Waals surface area contributed by atoms with Crippen molar-refractivity contribution in [1.29, 1.82) is 0 Å². The number of nitrogens with zero attached hydrogens (tertiary/aromatic N) is 1. The van der Waals surface area contributed by atoms with Gasteiger partial charge in [-0.05, 0) is 29.3 Å². The molecule has 0 unspecified atom stereocenters. The molecule has 0 radical (unpaired) electrons. The molecule has 0 aliphatic heterocycles. The van der Waals surface area contributed by atoms with Gasteiger partial charge >= 0.3 is 0 Å². The maximum atomic E-state index is 13.0. The van der Waals surface area contributed by atoms with E-state index in [1.165, 1.54) is 0 Å². The van der Waals surface area contributed by atoms with E-state index >= 15 is 0 Å². The second kappa shape index (κ2) is 8.14. The summed E-state index contributed by atoms with van der Waals surface area (Å²) in [5, 5.41) is 8.84. The van der Waals surface area contributed by atoms with E-state index in [0.717, 1.165) is 16.5 Å². The third-order valence-electron chi connectivity index (χ3n) is 4.78. The molecule has 7 heteroatoms. The van der Waals surface area contributed by atoms with Gasteiger partial charge in [-0.3, -0.25) is 4.79 Å². The third-order valence-corrected chi connectivity index (χ3v) is 5.52. The SMILES string of the molecule is NS(=O)(=O)Cc1cccc(NC(=O)c2cn(Cc3ccccc3)c3ccccc23)c1. The van der Waals surface area contributed by atoms with Crippen molar-refractivity contribution in [2.75, 3.05) is 5.32 Å². The number of anilines is 1. The Hall–Kier alpha value is -3.42. The number of hydrogen-bond acceptors (Lipinski definition) is 3. The number of carbonyl (C=O) groups excluding carboxylic acids is 1. The summed E-state index contributed by atoms with van der Waals surface area (Å²) in [6, 6.07) is 24.5.